The van der Waals surface area contributed by atoms with E-state index in [0.29, 0.717) is 6.04 Å². The molecule has 0 saturated heterocycles. The lowest BCUT2D eigenvalue weighted by Crippen LogP contribution is -2.14. The topological polar surface area (TPSA) is 56.7 Å². The van der Waals surface area contributed by atoms with Crippen LogP contribution < -0.4 is 5.73 Å². The van der Waals surface area contributed by atoms with Crippen LogP contribution in [-0.4, -0.2) is 14.8 Å². The number of pyridine rings is 1. The van der Waals surface area contributed by atoms with Gasteiger partial charge in [-0.1, -0.05) is 13.0 Å². The molecule has 0 aliphatic rings. The van der Waals surface area contributed by atoms with Crippen LogP contribution in [0.3, 0.4) is 0 Å². The summed E-state index contributed by atoms with van der Waals surface area (Å²) in [5, 5.41) is 4.58. The van der Waals surface area contributed by atoms with Gasteiger partial charge in [0.1, 0.15) is 0 Å². The molecule has 0 aliphatic heterocycles. The second-order valence-electron chi connectivity index (χ2n) is 5.09. The molecule has 2 heterocycles. The highest BCUT2D eigenvalue weighted by atomic mass is 15.3. The van der Waals surface area contributed by atoms with Crippen LogP contribution in [0.1, 0.15) is 49.3 Å². The van der Waals surface area contributed by atoms with Gasteiger partial charge in [0.2, 0.25) is 0 Å². The molecule has 0 spiro atoms. The number of nitrogens with zero attached hydrogens (tertiary/aromatic N) is 3. The maximum Gasteiger partial charge on any atom is 0.0643 e. The quantitative estimate of drug-likeness (QED) is 0.897. The maximum absolute atomic E-state index is 6.21. The monoisotopic (exact) mass is 258 g/mol. The first-order valence-corrected chi connectivity index (χ1v) is 6.82. The lowest BCUT2D eigenvalue weighted by atomic mass is 10.0. The van der Waals surface area contributed by atoms with Crippen LogP contribution in [0.5, 0.6) is 0 Å². The lowest BCUT2D eigenvalue weighted by molar-refractivity contribution is 0.472. The smallest absolute Gasteiger partial charge is 0.0643 e. The minimum atomic E-state index is -0.0478. The zero-order valence-electron chi connectivity index (χ0n) is 11.9. The highest BCUT2D eigenvalue weighted by Gasteiger charge is 2.11. The number of hydrogen-bond donors (Lipinski definition) is 1. The fourth-order valence-electron chi connectivity index (χ4n) is 1.96. The van der Waals surface area contributed by atoms with E-state index in [2.05, 4.69) is 23.9 Å². The molecule has 2 unspecified atom stereocenters. The summed E-state index contributed by atoms with van der Waals surface area (Å²) in [6, 6.07) is 6.47. The molecular weight excluding hydrogens is 236 g/mol. The van der Waals surface area contributed by atoms with E-state index < -0.39 is 0 Å². The molecule has 0 bridgehead atoms. The molecule has 4 heteroatoms. The van der Waals surface area contributed by atoms with Crippen LogP contribution in [0.2, 0.25) is 0 Å². The van der Waals surface area contributed by atoms with Crippen molar-refractivity contribution in [3.63, 3.8) is 0 Å². The molecule has 0 saturated carbocycles. The number of nitrogens with two attached hydrogens (primary N) is 1. The molecule has 0 aliphatic carbocycles. The molecule has 2 N–H and O–H groups in total. The Hall–Kier alpha value is -1.68. The van der Waals surface area contributed by atoms with Gasteiger partial charge in [0.15, 0.2) is 0 Å². The molecule has 2 aromatic heterocycles. The van der Waals surface area contributed by atoms with Crippen LogP contribution in [0.4, 0.5) is 0 Å². The minimum Gasteiger partial charge on any atom is -0.324 e. The third-order valence-electron chi connectivity index (χ3n) is 3.50. The van der Waals surface area contributed by atoms with Crippen LogP contribution in [0.25, 0.3) is 0 Å². The first-order chi connectivity index (χ1) is 9.10. The Bertz CT molecular complexity index is 515. The highest BCUT2D eigenvalue weighted by molar-refractivity contribution is 5.18. The minimum absolute atomic E-state index is 0.0478. The fourth-order valence-corrected chi connectivity index (χ4v) is 1.96. The van der Waals surface area contributed by atoms with Crippen molar-refractivity contribution < 1.29 is 0 Å². The van der Waals surface area contributed by atoms with Gasteiger partial charge in [-0.05, 0) is 38.0 Å². The standard InChI is InChI=1S/C15H22N4/c1-4-12(3)19-8-7-14(18-19)9-15(16)13-6-5-11(2)17-10-13/h5-8,10,12,15H,4,9,16H2,1-3H3. The summed E-state index contributed by atoms with van der Waals surface area (Å²) in [4.78, 5) is 4.28. The van der Waals surface area contributed by atoms with Crippen molar-refractivity contribution in [1.29, 1.82) is 0 Å². The van der Waals surface area contributed by atoms with Gasteiger partial charge in [0, 0.05) is 36.6 Å². The summed E-state index contributed by atoms with van der Waals surface area (Å²) in [5.41, 5.74) is 9.31. The van der Waals surface area contributed by atoms with Gasteiger partial charge in [0.05, 0.1) is 5.69 Å². The SMILES string of the molecule is CCC(C)n1ccc(CC(N)c2ccc(C)nc2)n1. The van der Waals surface area contributed by atoms with E-state index in [0.717, 1.165) is 29.8 Å². The third-order valence-corrected chi connectivity index (χ3v) is 3.50. The lowest BCUT2D eigenvalue weighted by Gasteiger charge is -2.11. The van der Waals surface area contributed by atoms with E-state index in [9.17, 15) is 0 Å². The second kappa shape index (κ2) is 5.97. The summed E-state index contributed by atoms with van der Waals surface area (Å²) in [7, 11) is 0. The molecule has 0 radical (unpaired) electrons. The van der Waals surface area contributed by atoms with Crippen molar-refractivity contribution in [2.75, 3.05) is 0 Å². The Labute approximate surface area is 114 Å². The number of aromatic nitrogens is 3. The molecule has 2 aromatic rings. The Morgan fingerprint density at radius 3 is 2.74 bits per heavy atom. The van der Waals surface area contributed by atoms with Crippen molar-refractivity contribution in [1.82, 2.24) is 14.8 Å². The molecule has 0 aromatic carbocycles. The first kappa shape index (κ1) is 13.7. The second-order valence-corrected chi connectivity index (χ2v) is 5.09. The Kier molecular flexibility index (Phi) is 4.32. The van der Waals surface area contributed by atoms with Gasteiger partial charge in [0.25, 0.3) is 0 Å². The van der Waals surface area contributed by atoms with Gasteiger partial charge >= 0.3 is 0 Å². The average Bonchev–Trinajstić information content (AvgIpc) is 2.87. The van der Waals surface area contributed by atoms with E-state index in [4.69, 9.17) is 5.73 Å². The number of rotatable bonds is 5. The molecule has 0 fully saturated rings. The summed E-state index contributed by atoms with van der Waals surface area (Å²) in [5.74, 6) is 0. The molecule has 0 amide bonds. The van der Waals surface area contributed by atoms with Crippen LogP contribution in [-0.2, 0) is 6.42 Å². The van der Waals surface area contributed by atoms with Crippen LogP contribution in [0.15, 0.2) is 30.6 Å². The summed E-state index contributed by atoms with van der Waals surface area (Å²) < 4.78 is 2.01. The molecule has 4 nitrogen and oxygen atoms in total. The van der Waals surface area contributed by atoms with Crippen molar-refractivity contribution in [3.05, 3.63) is 47.5 Å². The molecular formula is C15H22N4. The van der Waals surface area contributed by atoms with Crippen LogP contribution >= 0.6 is 0 Å². The highest BCUT2D eigenvalue weighted by Crippen LogP contribution is 2.16. The first-order valence-electron chi connectivity index (χ1n) is 6.82. The van der Waals surface area contributed by atoms with Crippen molar-refractivity contribution in [2.45, 2.75) is 45.7 Å². The Morgan fingerprint density at radius 1 is 1.32 bits per heavy atom. The summed E-state index contributed by atoms with van der Waals surface area (Å²) in [6.45, 7) is 6.30. The largest absolute Gasteiger partial charge is 0.324 e. The van der Waals surface area contributed by atoms with Crippen molar-refractivity contribution in [3.8, 4) is 0 Å². The van der Waals surface area contributed by atoms with Crippen LogP contribution in [0, 0.1) is 6.92 Å². The molecule has 102 valence electrons. The van der Waals surface area contributed by atoms with Gasteiger partial charge in [-0.2, -0.15) is 5.10 Å². The third kappa shape index (κ3) is 3.41. The van der Waals surface area contributed by atoms with E-state index in [-0.39, 0.29) is 6.04 Å². The molecule has 2 rings (SSSR count). The Balaban J connectivity index is 2.04. The summed E-state index contributed by atoms with van der Waals surface area (Å²) in [6.07, 6.45) is 5.71. The van der Waals surface area contributed by atoms with Crippen molar-refractivity contribution >= 4 is 0 Å². The molecule has 19 heavy (non-hydrogen) atoms. The fraction of sp³-hybridized carbons (Fsp3) is 0.467. The zero-order valence-corrected chi connectivity index (χ0v) is 11.9. The zero-order chi connectivity index (χ0) is 13.8. The van der Waals surface area contributed by atoms with E-state index >= 15 is 0 Å². The van der Waals surface area contributed by atoms with E-state index in [1.54, 1.807) is 0 Å². The number of aryl methyl sites for hydroxylation is 1. The van der Waals surface area contributed by atoms with Gasteiger partial charge in [-0.3, -0.25) is 9.67 Å². The van der Waals surface area contributed by atoms with E-state index in [1.165, 1.54) is 0 Å². The average molecular weight is 258 g/mol. The predicted molar refractivity (Wildman–Crippen MR) is 76.8 cm³/mol. The van der Waals surface area contributed by atoms with Crippen molar-refractivity contribution in [2.24, 2.45) is 5.73 Å². The normalized spacial score (nSPS) is 14.3. The van der Waals surface area contributed by atoms with Gasteiger partial charge in [-0.25, -0.2) is 0 Å². The predicted octanol–water partition coefficient (Wildman–Crippen LogP) is 2.80. The summed E-state index contributed by atoms with van der Waals surface area (Å²) >= 11 is 0. The van der Waals surface area contributed by atoms with Gasteiger partial charge in [-0.15, -0.1) is 0 Å². The van der Waals surface area contributed by atoms with E-state index in [1.807, 2.05) is 42.2 Å². The number of hydrogen-bond acceptors (Lipinski definition) is 3. The Morgan fingerprint density at radius 2 is 2.11 bits per heavy atom. The van der Waals surface area contributed by atoms with Gasteiger partial charge < -0.3 is 5.73 Å². The molecule has 2 atom stereocenters. The maximum atomic E-state index is 6.21.